The maximum absolute atomic E-state index is 11.6. The molecule has 35 heavy (non-hydrogen) atoms. The fourth-order valence-electron chi connectivity index (χ4n) is 5.25. The molecular weight excluding hydrogens is 448 g/mol. The molecule has 4 rings (SSSR count). The van der Waals surface area contributed by atoms with Crippen molar-refractivity contribution in [3.8, 4) is 11.5 Å². The molecule has 0 unspecified atom stereocenters. The van der Waals surface area contributed by atoms with E-state index in [-0.39, 0.29) is 5.91 Å². The molecule has 1 N–H and O–H groups in total. The topological polar surface area (TPSA) is 78.0 Å². The number of benzene rings is 1. The van der Waals surface area contributed by atoms with E-state index in [1.54, 1.807) is 6.92 Å². The number of hydrogen-bond donors (Lipinski definition) is 1. The third-order valence-corrected chi connectivity index (χ3v) is 7.23. The number of piperazine rings is 1. The van der Waals surface area contributed by atoms with Gasteiger partial charge in [-0.3, -0.25) is 19.5 Å². The van der Waals surface area contributed by atoms with E-state index in [1.807, 2.05) is 17.9 Å². The normalized spacial score (nSPS) is 24.6. The molecular formula is C26H42N4O5. The van der Waals surface area contributed by atoms with Crippen molar-refractivity contribution >= 4 is 5.91 Å². The largest absolute Gasteiger partial charge is 0.490 e. The molecule has 0 radical (unpaired) electrons. The lowest BCUT2D eigenvalue weighted by Gasteiger charge is -2.38. The summed E-state index contributed by atoms with van der Waals surface area (Å²) in [5, 5.41) is 11.2. The lowest BCUT2D eigenvalue weighted by atomic mass is 10.0. The Morgan fingerprint density at radius 1 is 1.00 bits per heavy atom. The zero-order chi connectivity index (χ0) is 24.7. The van der Waals surface area contributed by atoms with Gasteiger partial charge in [0.05, 0.1) is 25.4 Å². The van der Waals surface area contributed by atoms with Crippen LogP contribution in [0.1, 0.15) is 25.8 Å². The van der Waals surface area contributed by atoms with Crippen LogP contribution in [-0.4, -0.2) is 128 Å². The Labute approximate surface area is 209 Å². The van der Waals surface area contributed by atoms with Crippen LogP contribution in [0.15, 0.2) is 18.2 Å². The highest BCUT2D eigenvalue weighted by Crippen LogP contribution is 2.31. The predicted octanol–water partition coefficient (Wildman–Crippen LogP) is 0.897. The summed E-state index contributed by atoms with van der Waals surface area (Å²) in [5.41, 5.74) is 0.456. The Morgan fingerprint density at radius 3 is 2.49 bits per heavy atom. The Bertz CT molecular complexity index is 826. The average molecular weight is 491 g/mol. The summed E-state index contributed by atoms with van der Waals surface area (Å²) >= 11 is 0. The van der Waals surface area contributed by atoms with Crippen LogP contribution in [-0.2, 0) is 16.1 Å². The van der Waals surface area contributed by atoms with Gasteiger partial charge < -0.3 is 24.2 Å². The third kappa shape index (κ3) is 7.54. The summed E-state index contributed by atoms with van der Waals surface area (Å²) in [6.07, 6.45) is 0.765. The first-order valence-electron chi connectivity index (χ1n) is 13.1. The highest BCUT2D eigenvalue weighted by Gasteiger charge is 2.38. The Balaban J connectivity index is 1.26. The van der Waals surface area contributed by atoms with Gasteiger partial charge in [0.25, 0.3) is 0 Å². The molecule has 3 heterocycles. The van der Waals surface area contributed by atoms with Crippen molar-refractivity contribution in [2.45, 2.75) is 32.4 Å². The summed E-state index contributed by atoms with van der Waals surface area (Å²) < 4.78 is 17.4. The number of aliphatic hydroxyl groups is 1. The van der Waals surface area contributed by atoms with Crippen molar-refractivity contribution in [3.63, 3.8) is 0 Å². The number of carbonyl (C=O) groups is 1. The Kier molecular flexibility index (Phi) is 9.24. The second-order valence-electron chi connectivity index (χ2n) is 9.98. The number of β-amino-alcohol motifs (C(OH)–C–C–N with tert-alkyl or cyclic N) is 1. The summed E-state index contributed by atoms with van der Waals surface area (Å²) in [6.45, 7) is 15.3. The molecule has 9 nitrogen and oxygen atoms in total. The predicted molar refractivity (Wildman–Crippen MR) is 134 cm³/mol. The SMILES string of the molecule is CCOc1cc(CN2CC[C@](O)(CN3CCN(C(C)=O)CC3)C2)ccc1OCCN1CCOCC1. The molecule has 0 aliphatic carbocycles. The van der Waals surface area contributed by atoms with Gasteiger partial charge in [0.1, 0.15) is 6.61 Å². The standard InChI is InChI=1S/C26H42N4O5/c1-3-34-25-18-23(4-5-24(25)35-17-14-27-12-15-33-16-13-27)19-29-7-6-26(32,21-29)20-28-8-10-30(11-9-28)22(2)31/h4-5,18,32H,3,6-17,19-21H2,1-2H3/t26-/m0/s1. The molecule has 1 aromatic rings. The number of nitrogens with zero attached hydrogens (tertiary/aromatic N) is 4. The maximum Gasteiger partial charge on any atom is 0.219 e. The second-order valence-corrected chi connectivity index (χ2v) is 9.98. The minimum absolute atomic E-state index is 0.135. The second kappa shape index (κ2) is 12.4. The van der Waals surface area contributed by atoms with Crippen molar-refractivity contribution in [2.75, 3.05) is 91.9 Å². The molecule has 0 aromatic heterocycles. The quantitative estimate of drug-likeness (QED) is 0.519. The van der Waals surface area contributed by atoms with Crippen LogP contribution in [0.25, 0.3) is 0 Å². The van der Waals surface area contributed by atoms with Gasteiger partial charge in [-0.1, -0.05) is 6.07 Å². The van der Waals surface area contributed by atoms with Crippen LogP contribution >= 0.6 is 0 Å². The van der Waals surface area contributed by atoms with E-state index in [2.05, 4.69) is 26.8 Å². The maximum atomic E-state index is 11.6. The van der Waals surface area contributed by atoms with Gasteiger partial charge in [-0.25, -0.2) is 0 Å². The molecule has 3 aliphatic heterocycles. The van der Waals surface area contributed by atoms with Crippen molar-refractivity contribution in [1.82, 2.24) is 19.6 Å². The third-order valence-electron chi connectivity index (χ3n) is 7.23. The number of carbonyl (C=O) groups excluding carboxylic acids is 1. The van der Waals surface area contributed by atoms with Gasteiger partial charge in [0, 0.05) is 78.9 Å². The van der Waals surface area contributed by atoms with E-state index in [9.17, 15) is 9.90 Å². The van der Waals surface area contributed by atoms with E-state index in [0.717, 1.165) is 95.6 Å². The number of morpholine rings is 1. The van der Waals surface area contributed by atoms with Crippen molar-refractivity contribution in [2.24, 2.45) is 0 Å². The van der Waals surface area contributed by atoms with Gasteiger partial charge in [-0.2, -0.15) is 0 Å². The molecule has 3 fully saturated rings. The van der Waals surface area contributed by atoms with Crippen LogP contribution in [0.2, 0.25) is 0 Å². The van der Waals surface area contributed by atoms with E-state index >= 15 is 0 Å². The molecule has 1 atom stereocenters. The van der Waals surface area contributed by atoms with Gasteiger partial charge in [-0.15, -0.1) is 0 Å². The highest BCUT2D eigenvalue weighted by molar-refractivity contribution is 5.73. The lowest BCUT2D eigenvalue weighted by Crippen LogP contribution is -2.53. The van der Waals surface area contributed by atoms with Crippen molar-refractivity contribution in [1.29, 1.82) is 0 Å². The Hall–Kier alpha value is -1.91. The summed E-state index contributed by atoms with van der Waals surface area (Å²) in [7, 11) is 0. The van der Waals surface area contributed by atoms with Crippen LogP contribution in [0.3, 0.4) is 0 Å². The number of likely N-dealkylation sites (tertiary alicyclic amines) is 1. The monoisotopic (exact) mass is 490 g/mol. The fraction of sp³-hybridized carbons (Fsp3) is 0.731. The fourth-order valence-corrected chi connectivity index (χ4v) is 5.25. The van der Waals surface area contributed by atoms with Gasteiger partial charge in [0.15, 0.2) is 11.5 Å². The smallest absolute Gasteiger partial charge is 0.219 e. The summed E-state index contributed by atoms with van der Waals surface area (Å²) in [6, 6.07) is 6.19. The first-order valence-corrected chi connectivity index (χ1v) is 13.1. The zero-order valence-electron chi connectivity index (χ0n) is 21.4. The summed E-state index contributed by atoms with van der Waals surface area (Å²) in [5.74, 6) is 1.70. The number of ether oxygens (including phenoxy) is 3. The molecule has 0 spiro atoms. The molecule has 0 saturated carbocycles. The van der Waals surface area contributed by atoms with Gasteiger partial charge >= 0.3 is 0 Å². The van der Waals surface area contributed by atoms with Gasteiger partial charge in [-0.05, 0) is 31.0 Å². The molecule has 196 valence electrons. The Morgan fingerprint density at radius 2 is 1.77 bits per heavy atom. The molecule has 3 saturated heterocycles. The zero-order valence-corrected chi connectivity index (χ0v) is 21.4. The van der Waals surface area contributed by atoms with Crippen LogP contribution in [0.5, 0.6) is 11.5 Å². The van der Waals surface area contributed by atoms with E-state index in [1.165, 1.54) is 0 Å². The minimum atomic E-state index is -0.705. The molecule has 1 amide bonds. The highest BCUT2D eigenvalue weighted by atomic mass is 16.5. The molecule has 9 heteroatoms. The van der Waals surface area contributed by atoms with Crippen LogP contribution < -0.4 is 9.47 Å². The van der Waals surface area contributed by atoms with Crippen LogP contribution in [0, 0.1) is 0 Å². The average Bonchev–Trinajstić information content (AvgIpc) is 3.21. The molecule has 3 aliphatic rings. The number of rotatable bonds is 10. The van der Waals surface area contributed by atoms with Gasteiger partial charge in [0.2, 0.25) is 5.91 Å². The number of hydrogen-bond acceptors (Lipinski definition) is 8. The van der Waals surface area contributed by atoms with E-state index in [0.29, 0.717) is 26.3 Å². The number of amides is 1. The van der Waals surface area contributed by atoms with E-state index in [4.69, 9.17) is 14.2 Å². The van der Waals surface area contributed by atoms with Crippen molar-refractivity contribution < 1.29 is 24.1 Å². The molecule has 0 bridgehead atoms. The first kappa shape index (κ1) is 26.2. The van der Waals surface area contributed by atoms with Crippen LogP contribution in [0.4, 0.5) is 0 Å². The van der Waals surface area contributed by atoms with Crippen molar-refractivity contribution in [3.05, 3.63) is 23.8 Å². The summed E-state index contributed by atoms with van der Waals surface area (Å²) in [4.78, 5) is 20.4. The first-order chi connectivity index (χ1) is 16.9. The van der Waals surface area contributed by atoms with E-state index < -0.39 is 5.60 Å². The lowest BCUT2D eigenvalue weighted by molar-refractivity contribution is -0.130. The molecule has 1 aromatic carbocycles. The minimum Gasteiger partial charge on any atom is -0.490 e.